The molecule has 0 aromatic heterocycles. The van der Waals surface area contributed by atoms with Crippen molar-refractivity contribution in [1.29, 1.82) is 0 Å². The largest absolute Gasteiger partial charge is 0.388 e. The van der Waals surface area contributed by atoms with Crippen molar-refractivity contribution in [3.63, 3.8) is 0 Å². The lowest BCUT2D eigenvalue weighted by molar-refractivity contribution is 0.143. The molecular weight excluding hydrogens is 242 g/mol. The van der Waals surface area contributed by atoms with Gasteiger partial charge in [-0.05, 0) is 18.9 Å². The van der Waals surface area contributed by atoms with E-state index in [-0.39, 0.29) is 6.10 Å². The Morgan fingerprint density at radius 2 is 2.11 bits per heavy atom. The molecule has 1 aromatic rings. The molecule has 0 radical (unpaired) electrons. The zero-order valence-electron chi connectivity index (χ0n) is 11.3. The van der Waals surface area contributed by atoms with E-state index in [4.69, 9.17) is 0 Å². The summed E-state index contributed by atoms with van der Waals surface area (Å²) in [5.41, 5.74) is 2.29. The molecule has 0 bridgehead atoms. The second kappa shape index (κ2) is 6.60. The molecule has 1 aromatic carbocycles. The summed E-state index contributed by atoms with van der Waals surface area (Å²) >= 11 is 2.05. The summed E-state index contributed by atoms with van der Waals surface area (Å²) < 4.78 is 0. The Hall–Kier alpha value is -0.510. The number of aryl methyl sites for hydroxylation is 1. The number of hydrogen-bond acceptors (Lipinski definition) is 3. The van der Waals surface area contributed by atoms with Crippen molar-refractivity contribution < 1.29 is 5.11 Å². The van der Waals surface area contributed by atoms with Crippen molar-refractivity contribution in [2.75, 3.05) is 25.4 Å². The maximum absolute atomic E-state index is 10.2. The molecule has 3 heteroatoms. The third-order valence-corrected chi connectivity index (χ3v) is 4.64. The van der Waals surface area contributed by atoms with Gasteiger partial charge in [0.25, 0.3) is 0 Å². The summed E-state index contributed by atoms with van der Waals surface area (Å²) in [4.78, 5) is 2.47. The van der Waals surface area contributed by atoms with E-state index in [2.05, 4.69) is 30.9 Å². The van der Waals surface area contributed by atoms with Crippen LogP contribution in [0.4, 0.5) is 0 Å². The van der Waals surface area contributed by atoms with Crippen molar-refractivity contribution in [3.8, 4) is 0 Å². The first-order valence-corrected chi connectivity index (χ1v) is 7.78. The molecule has 2 atom stereocenters. The van der Waals surface area contributed by atoms with E-state index in [9.17, 15) is 5.11 Å². The summed E-state index contributed by atoms with van der Waals surface area (Å²) in [6.07, 6.45) is 0.510. The molecule has 1 fully saturated rings. The molecule has 1 aliphatic heterocycles. The van der Waals surface area contributed by atoms with Crippen LogP contribution in [0.2, 0.25) is 0 Å². The fourth-order valence-electron chi connectivity index (χ4n) is 2.35. The van der Waals surface area contributed by atoms with Gasteiger partial charge in [0.1, 0.15) is 0 Å². The molecule has 0 aliphatic carbocycles. The van der Waals surface area contributed by atoms with Gasteiger partial charge >= 0.3 is 0 Å². The topological polar surface area (TPSA) is 23.5 Å². The minimum Gasteiger partial charge on any atom is -0.388 e. The van der Waals surface area contributed by atoms with E-state index >= 15 is 0 Å². The van der Waals surface area contributed by atoms with Crippen LogP contribution < -0.4 is 0 Å². The van der Waals surface area contributed by atoms with Gasteiger partial charge in [0.15, 0.2) is 0 Å². The zero-order valence-corrected chi connectivity index (χ0v) is 12.1. The summed E-state index contributed by atoms with van der Waals surface area (Å²) in [5, 5.41) is 10.9. The Labute approximate surface area is 114 Å². The molecule has 1 aliphatic rings. The zero-order chi connectivity index (χ0) is 13.0. The smallest absolute Gasteiger partial charge is 0.0802 e. The first kappa shape index (κ1) is 13.9. The third kappa shape index (κ3) is 4.01. The Morgan fingerprint density at radius 1 is 1.39 bits per heavy atom. The van der Waals surface area contributed by atoms with Crippen LogP contribution in [0.15, 0.2) is 24.3 Å². The summed E-state index contributed by atoms with van der Waals surface area (Å²) in [5.74, 6) is 1.22. The van der Waals surface area contributed by atoms with Crippen LogP contribution in [0.5, 0.6) is 0 Å². The van der Waals surface area contributed by atoms with Gasteiger partial charge in [-0.15, -0.1) is 0 Å². The number of aliphatic hydroxyl groups excluding tert-OH is 1. The van der Waals surface area contributed by atoms with Crippen molar-refractivity contribution in [2.45, 2.75) is 31.6 Å². The number of benzene rings is 1. The first-order chi connectivity index (χ1) is 8.65. The van der Waals surface area contributed by atoms with Crippen LogP contribution in [0.1, 0.15) is 30.6 Å². The van der Waals surface area contributed by atoms with Gasteiger partial charge < -0.3 is 10.0 Å². The first-order valence-electron chi connectivity index (χ1n) is 6.74. The van der Waals surface area contributed by atoms with E-state index in [1.54, 1.807) is 0 Å². The SMILES string of the molecule is Cc1ccc(C(O)CCN2CCSC(C)C2)cc1. The van der Waals surface area contributed by atoms with Gasteiger partial charge in [0, 0.05) is 30.6 Å². The minimum absolute atomic E-state index is 0.324. The van der Waals surface area contributed by atoms with Gasteiger partial charge in [-0.25, -0.2) is 0 Å². The monoisotopic (exact) mass is 265 g/mol. The van der Waals surface area contributed by atoms with Gasteiger partial charge in [-0.3, -0.25) is 0 Å². The fourth-order valence-corrected chi connectivity index (χ4v) is 3.44. The van der Waals surface area contributed by atoms with E-state index in [0.717, 1.165) is 36.9 Å². The van der Waals surface area contributed by atoms with E-state index in [1.165, 1.54) is 11.3 Å². The van der Waals surface area contributed by atoms with Crippen molar-refractivity contribution >= 4 is 11.8 Å². The van der Waals surface area contributed by atoms with Gasteiger partial charge in [0.2, 0.25) is 0 Å². The predicted octanol–water partition coefficient (Wildman–Crippen LogP) is 2.86. The highest BCUT2D eigenvalue weighted by Gasteiger charge is 2.17. The second-order valence-electron chi connectivity index (χ2n) is 5.20. The summed E-state index contributed by atoms with van der Waals surface area (Å²) in [6, 6.07) is 8.21. The van der Waals surface area contributed by atoms with Crippen LogP contribution in [0.3, 0.4) is 0 Å². The van der Waals surface area contributed by atoms with Gasteiger partial charge in [0.05, 0.1) is 6.10 Å². The third-order valence-electron chi connectivity index (χ3n) is 3.51. The number of nitrogens with zero attached hydrogens (tertiary/aromatic N) is 1. The van der Waals surface area contributed by atoms with E-state index in [0.29, 0.717) is 0 Å². The highest BCUT2D eigenvalue weighted by atomic mass is 32.2. The van der Waals surface area contributed by atoms with Crippen LogP contribution in [0.25, 0.3) is 0 Å². The molecule has 100 valence electrons. The summed E-state index contributed by atoms with van der Waals surface area (Å²) in [7, 11) is 0. The maximum atomic E-state index is 10.2. The van der Waals surface area contributed by atoms with E-state index < -0.39 is 0 Å². The quantitative estimate of drug-likeness (QED) is 0.905. The lowest BCUT2D eigenvalue weighted by atomic mass is 10.0. The molecular formula is C15H23NOS. The Morgan fingerprint density at radius 3 is 2.78 bits per heavy atom. The average molecular weight is 265 g/mol. The normalized spacial score (nSPS) is 22.9. The molecule has 2 nitrogen and oxygen atoms in total. The molecule has 0 amide bonds. The van der Waals surface area contributed by atoms with E-state index in [1.807, 2.05) is 23.9 Å². The van der Waals surface area contributed by atoms with Crippen LogP contribution in [0, 0.1) is 6.92 Å². The molecule has 1 heterocycles. The maximum Gasteiger partial charge on any atom is 0.0802 e. The second-order valence-corrected chi connectivity index (χ2v) is 6.74. The molecule has 0 saturated carbocycles. The van der Waals surface area contributed by atoms with Crippen molar-refractivity contribution in [1.82, 2.24) is 4.90 Å². The van der Waals surface area contributed by atoms with Crippen LogP contribution in [-0.4, -0.2) is 40.6 Å². The molecule has 18 heavy (non-hydrogen) atoms. The van der Waals surface area contributed by atoms with Crippen molar-refractivity contribution in [2.24, 2.45) is 0 Å². The number of thioether (sulfide) groups is 1. The minimum atomic E-state index is -0.324. The Kier molecular flexibility index (Phi) is 5.10. The van der Waals surface area contributed by atoms with Gasteiger partial charge in [-0.2, -0.15) is 11.8 Å². The molecule has 2 unspecified atom stereocenters. The molecule has 1 N–H and O–H groups in total. The Bertz CT molecular complexity index is 365. The molecule has 2 rings (SSSR count). The Balaban J connectivity index is 1.80. The number of hydrogen-bond donors (Lipinski definition) is 1. The van der Waals surface area contributed by atoms with Crippen LogP contribution in [-0.2, 0) is 0 Å². The molecule has 0 spiro atoms. The average Bonchev–Trinajstić information content (AvgIpc) is 2.37. The number of aliphatic hydroxyl groups is 1. The lowest BCUT2D eigenvalue weighted by Gasteiger charge is -2.31. The summed E-state index contributed by atoms with van der Waals surface area (Å²) in [6.45, 7) is 7.68. The standard InChI is InChI=1S/C15H23NOS/c1-12-3-5-14(6-4-12)15(17)7-8-16-9-10-18-13(2)11-16/h3-6,13,15,17H,7-11H2,1-2H3. The predicted molar refractivity (Wildman–Crippen MR) is 79.1 cm³/mol. The van der Waals surface area contributed by atoms with Gasteiger partial charge in [-0.1, -0.05) is 36.8 Å². The fraction of sp³-hybridized carbons (Fsp3) is 0.600. The number of rotatable bonds is 4. The lowest BCUT2D eigenvalue weighted by Crippen LogP contribution is -2.37. The van der Waals surface area contributed by atoms with Crippen molar-refractivity contribution in [3.05, 3.63) is 35.4 Å². The molecule has 1 saturated heterocycles. The van der Waals surface area contributed by atoms with Crippen LogP contribution >= 0.6 is 11.8 Å². The highest BCUT2D eigenvalue weighted by Crippen LogP contribution is 2.21. The highest BCUT2D eigenvalue weighted by molar-refractivity contribution is 7.99.